The third-order valence-corrected chi connectivity index (χ3v) is 2.25. The van der Waals surface area contributed by atoms with E-state index in [4.69, 9.17) is 5.73 Å². The van der Waals surface area contributed by atoms with Gasteiger partial charge in [-0.1, -0.05) is 12.1 Å². The summed E-state index contributed by atoms with van der Waals surface area (Å²) in [6.07, 6.45) is 1.74. The number of rotatable bonds is 1. The van der Waals surface area contributed by atoms with E-state index in [-0.39, 0.29) is 0 Å². The molecule has 0 aliphatic rings. The monoisotopic (exact) mass is 188 g/mol. The fraction of sp³-hybridized carbons (Fsp3) is 0.200. The van der Waals surface area contributed by atoms with Crippen molar-refractivity contribution >= 4 is 5.69 Å². The first-order valence-corrected chi connectivity index (χ1v) is 4.40. The van der Waals surface area contributed by atoms with Crippen LogP contribution < -0.4 is 5.73 Å². The van der Waals surface area contributed by atoms with E-state index in [1.807, 2.05) is 25.1 Å². The number of hydrogen-bond donors (Lipinski definition) is 1. The van der Waals surface area contributed by atoms with Gasteiger partial charge in [-0.15, -0.1) is 0 Å². The molecule has 1 aromatic carbocycles. The minimum absolute atomic E-state index is 0.785. The van der Waals surface area contributed by atoms with Gasteiger partial charge >= 0.3 is 0 Å². The van der Waals surface area contributed by atoms with Crippen molar-refractivity contribution < 1.29 is 0 Å². The zero-order valence-electron chi connectivity index (χ0n) is 8.23. The van der Waals surface area contributed by atoms with E-state index < -0.39 is 0 Å². The van der Waals surface area contributed by atoms with Crippen LogP contribution in [-0.4, -0.2) is 15.0 Å². The number of nitrogen functional groups attached to an aromatic ring is 1. The second-order valence-electron chi connectivity index (χ2n) is 3.24. The minimum Gasteiger partial charge on any atom is -0.398 e. The Kier molecular flexibility index (Phi) is 1.96. The van der Waals surface area contributed by atoms with Crippen molar-refractivity contribution in [2.24, 2.45) is 7.05 Å². The van der Waals surface area contributed by atoms with Crippen molar-refractivity contribution in [3.05, 3.63) is 30.0 Å². The van der Waals surface area contributed by atoms with E-state index in [1.165, 1.54) is 4.80 Å². The molecule has 0 aliphatic heterocycles. The highest BCUT2D eigenvalue weighted by molar-refractivity contribution is 5.69. The van der Waals surface area contributed by atoms with Crippen LogP contribution in [-0.2, 0) is 7.05 Å². The second-order valence-corrected chi connectivity index (χ2v) is 3.24. The van der Waals surface area contributed by atoms with Crippen LogP contribution in [0.1, 0.15) is 5.56 Å². The molecule has 1 heterocycles. The van der Waals surface area contributed by atoms with Gasteiger partial charge in [0.1, 0.15) is 5.69 Å². The first-order valence-electron chi connectivity index (χ1n) is 4.40. The molecular formula is C10H12N4. The summed E-state index contributed by atoms with van der Waals surface area (Å²) in [6, 6.07) is 5.80. The van der Waals surface area contributed by atoms with Gasteiger partial charge in [0.05, 0.1) is 6.20 Å². The van der Waals surface area contributed by atoms with Crippen LogP contribution >= 0.6 is 0 Å². The molecular weight excluding hydrogens is 176 g/mol. The van der Waals surface area contributed by atoms with Gasteiger partial charge in [-0.2, -0.15) is 15.0 Å². The van der Waals surface area contributed by atoms with Crippen molar-refractivity contribution in [1.82, 2.24) is 15.0 Å². The van der Waals surface area contributed by atoms with Crippen molar-refractivity contribution in [2.45, 2.75) is 6.92 Å². The normalized spacial score (nSPS) is 10.4. The molecule has 0 atom stereocenters. The van der Waals surface area contributed by atoms with Crippen LogP contribution in [0.15, 0.2) is 24.4 Å². The number of anilines is 1. The topological polar surface area (TPSA) is 56.7 Å². The third-order valence-electron chi connectivity index (χ3n) is 2.25. The molecule has 0 spiro atoms. The van der Waals surface area contributed by atoms with Gasteiger partial charge in [-0.3, -0.25) is 0 Å². The lowest BCUT2D eigenvalue weighted by Crippen LogP contribution is -1.94. The van der Waals surface area contributed by atoms with E-state index in [1.54, 1.807) is 13.2 Å². The summed E-state index contributed by atoms with van der Waals surface area (Å²) in [5, 5.41) is 8.26. The van der Waals surface area contributed by atoms with Gasteiger partial charge in [0.2, 0.25) is 0 Å². The largest absolute Gasteiger partial charge is 0.398 e. The summed E-state index contributed by atoms with van der Waals surface area (Å²) in [4.78, 5) is 1.54. The quantitative estimate of drug-likeness (QED) is 0.688. The lowest BCUT2D eigenvalue weighted by Gasteiger charge is -2.04. The average molecular weight is 188 g/mol. The Morgan fingerprint density at radius 2 is 2.14 bits per heavy atom. The maximum absolute atomic E-state index is 5.81. The number of nitrogens with zero attached hydrogens (tertiary/aromatic N) is 3. The maximum Gasteiger partial charge on any atom is 0.113 e. The van der Waals surface area contributed by atoms with E-state index in [2.05, 4.69) is 10.2 Å². The first-order chi connectivity index (χ1) is 6.68. The van der Waals surface area contributed by atoms with Gasteiger partial charge in [-0.05, 0) is 18.6 Å². The molecule has 72 valence electrons. The molecule has 0 unspecified atom stereocenters. The number of nitrogens with two attached hydrogens (primary N) is 1. The Labute approximate surface area is 82.4 Å². The molecule has 1 aromatic heterocycles. The van der Waals surface area contributed by atoms with E-state index in [0.29, 0.717) is 0 Å². The fourth-order valence-electron chi connectivity index (χ4n) is 1.40. The smallest absolute Gasteiger partial charge is 0.113 e. The van der Waals surface area contributed by atoms with Gasteiger partial charge < -0.3 is 5.73 Å². The predicted octanol–water partition coefficient (Wildman–Crippen LogP) is 1.37. The molecule has 0 bridgehead atoms. The van der Waals surface area contributed by atoms with Gasteiger partial charge in [0.15, 0.2) is 0 Å². The Balaban J connectivity index is 2.57. The molecule has 2 aromatic rings. The first kappa shape index (κ1) is 8.74. The van der Waals surface area contributed by atoms with Gasteiger partial charge in [0.25, 0.3) is 0 Å². The Hall–Kier alpha value is -1.84. The van der Waals surface area contributed by atoms with E-state index >= 15 is 0 Å². The molecule has 0 radical (unpaired) electrons. The molecule has 14 heavy (non-hydrogen) atoms. The number of benzene rings is 1. The van der Waals surface area contributed by atoms with Crippen LogP contribution in [0.25, 0.3) is 11.3 Å². The summed E-state index contributed by atoms with van der Waals surface area (Å²) >= 11 is 0. The van der Waals surface area contributed by atoms with Gasteiger partial charge in [0, 0.05) is 18.3 Å². The maximum atomic E-state index is 5.81. The van der Waals surface area contributed by atoms with Crippen LogP contribution in [0.4, 0.5) is 5.69 Å². The molecule has 0 saturated carbocycles. The SMILES string of the molecule is Cc1c(N)cccc1-c1cnn(C)n1. The molecule has 2 rings (SSSR count). The number of hydrogen-bond acceptors (Lipinski definition) is 3. The number of aromatic nitrogens is 3. The molecule has 0 amide bonds. The molecule has 0 fully saturated rings. The Morgan fingerprint density at radius 3 is 2.79 bits per heavy atom. The molecule has 0 aliphatic carbocycles. The lowest BCUT2D eigenvalue weighted by molar-refractivity contribution is 0.655. The van der Waals surface area contributed by atoms with Gasteiger partial charge in [-0.25, -0.2) is 0 Å². The van der Waals surface area contributed by atoms with Crippen LogP contribution in [0.3, 0.4) is 0 Å². The number of aryl methyl sites for hydroxylation is 1. The highest BCUT2D eigenvalue weighted by Gasteiger charge is 2.06. The molecule has 4 nitrogen and oxygen atoms in total. The summed E-state index contributed by atoms with van der Waals surface area (Å²) in [5.41, 5.74) is 9.54. The van der Waals surface area contributed by atoms with E-state index in [0.717, 1.165) is 22.5 Å². The summed E-state index contributed by atoms with van der Waals surface area (Å²) in [7, 11) is 1.80. The predicted molar refractivity (Wildman–Crippen MR) is 55.6 cm³/mol. The summed E-state index contributed by atoms with van der Waals surface area (Å²) < 4.78 is 0. The molecule has 4 heteroatoms. The highest BCUT2D eigenvalue weighted by atomic mass is 15.4. The standard InChI is InChI=1S/C10H12N4/c1-7-8(4-3-5-9(7)11)10-6-12-14(2)13-10/h3-6H,11H2,1-2H3. The lowest BCUT2D eigenvalue weighted by atomic mass is 10.1. The minimum atomic E-state index is 0.785. The van der Waals surface area contributed by atoms with Crippen molar-refractivity contribution in [1.29, 1.82) is 0 Å². The molecule has 2 N–H and O–H groups in total. The van der Waals surface area contributed by atoms with Crippen molar-refractivity contribution in [3.8, 4) is 11.3 Å². The Bertz CT molecular complexity index is 459. The molecule has 0 saturated heterocycles. The van der Waals surface area contributed by atoms with Crippen LogP contribution in [0.2, 0.25) is 0 Å². The van der Waals surface area contributed by atoms with Crippen LogP contribution in [0, 0.1) is 6.92 Å². The zero-order valence-corrected chi connectivity index (χ0v) is 8.23. The van der Waals surface area contributed by atoms with E-state index in [9.17, 15) is 0 Å². The summed E-state index contributed by atoms with van der Waals surface area (Å²) in [5.74, 6) is 0. The highest BCUT2D eigenvalue weighted by Crippen LogP contribution is 2.24. The van der Waals surface area contributed by atoms with Crippen LogP contribution in [0.5, 0.6) is 0 Å². The Morgan fingerprint density at radius 1 is 1.36 bits per heavy atom. The average Bonchev–Trinajstić information content (AvgIpc) is 2.57. The van der Waals surface area contributed by atoms with Crippen molar-refractivity contribution in [2.75, 3.05) is 5.73 Å². The second kappa shape index (κ2) is 3.14. The zero-order chi connectivity index (χ0) is 10.1. The third kappa shape index (κ3) is 1.35. The summed E-state index contributed by atoms with van der Waals surface area (Å²) in [6.45, 7) is 1.99. The van der Waals surface area contributed by atoms with Crippen molar-refractivity contribution in [3.63, 3.8) is 0 Å². The fourth-order valence-corrected chi connectivity index (χ4v) is 1.40.